The number of amidine groups is 1. The molecular weight excluding hydrogens is 328 g/mol. The smallest absolute Gasteiger partial charge is 0.282 e. The van der Waals surface area contributed by atoms with Crippen LogP contribution in [0.25, 0.3) is 0 Å². The molecule has 0 bridgehead atoms. The lowest BCUT2D eigenvalue weighted by Crippen LogP contribution is -2.41. The van der Waals surface area contributed by atoms with Gasteiger partial charge in [-0.05, 0) is 37.0 Å². The van der Waals surface area contributed by atoms with Crippen LogP contribution in [0.3, 0.4) is 0 Å². The molecule has 1 spiro atoms. The Morgan fingerprint density at radius 2 is 1.95 bits per heavy atom. The maximum absolute atomic E-state index is 5.70. The zero-order valence-electron chi connectivity index (χ0n) is 13.7. The summed E-state index contributed by atoms with van der Waals surface area (Å²) in [6.07, 6.45) is 3.03. The Labute approximate surface area is 137 Å². The largest absolute Gasteiger partial charge is 0.460 e. The van der Waals surface area contributed by atoms with Crippen molar-refractivity contribution < 1.29 is 4.74 Å². The van der Waals surface area contributed by atoms with Crippen LogP contribution in [0.15, 0.2) is 27.7 Å². The number of ether oxygens (including phenoxy) is 1. The molecule has 3 nitrogen and oxygen atoms in total. The van der Waals surface area contributed by atoms with Gasteiger partial charge in [0.05, 0.1) is 0 Å². The topological polar surface area (TPSA) is 47.6 Å². The van der Waals surface area contributed by atoms with Crippen molar-refractivity contribution in [3.05, 3.63) is 33.8 Å². The Morgan fingerprint density at radius 1 is 1.29 bits per heavy atom. The molecule has 0 radical (unpaired) electrons. The Bertz CT molecular complexity index is 502. The predicted molar refractivity (Wildman–Crippen MR) is 93.8 cm³/mol. The number of hydrogen-bond donors (Lipinski definition) is 1. The Hall–Kier alpha value is -1.03. The maximum Gasteiger partial charge on any atom is 0.282 e. The van der Waals surface area contributed by atoms with Crippen molar-refractivity contribution in [2.75, 3.05) is 0 Å². The molecule has 2 unspecified atom stereocenters. The van der Waals surface area contributed by atoms with E-state index in [1.165, 1.54) is 15.6 Å². The third kappa shape index (κ3) is 3.60. The summed E-state index contributed by atoms with van der Waals surface area (Å²) < 4.78 is 6.72. The monoisotopic (exact) mass is 354 g/mol. The van der Waals surface area contributed by atoms with Crippen LogP contribution in [0.2, 0.25) is 0 Å². The third-order valence-electron chi connectivity index (χ3n) is 3.91. The van der Waals surface area contributed by atoms with E-state index >= 15 is 0 Å². The van der Waals surface area contributed by atoms with E-state index in [0.717, 1.165) is 19.3 Å². The molecule has 1 heterocycles. The summed E-state index contributed by atoms with van der Waals surface area (Å²) in [5, 5.41) is 0. The first-order valence-corrected chi connectivity index (χ1v) is 8.68. The number of nitrogens with zero attached hydrogens (tertiary/aromatic N) is 1. The van der Waals surface area contributed by atoms with Gasteiger partial charge in [0, 0.05) is 10.9 Å². The molecule has 21 heavy (non-hydrogen) atoms. The molecule has 2 atom stereocenters. The molecule has 3 rings (SSSR count). The normalized spacial score (nSPS) is 25.6. The van der Waals surface area contributed by atoms with Gasteiger partial charge in [-0.15, -0.1) is 0 Å². The first-order valence-electron chi connectivity index (χ1n) is 7.89. The van der Waals surface area contributed by atoms with E-state index in [1.807, 2.05) is 27.7 Å². The quantitative estimate of drug-likeness (QED) is 0.747. The minimum Gasteiger partial charge on any atom is -0.460 e. The van der Waals surface area contributed by atoms with E-state index in [0.29, 0.717) is 6.02 Å². The van der Waals surface area contributed by atoms with Crippen molar-refractivity contribution in [2.45, 2.75) is 65.5 Å². The maximum atomic E-state index is 5.70. The fourth-order valence-electron chi connectivity index (χ4n) is 2.88. The fourth-order valence-corrected chi connectivity index (χ4v) is 3.48. The lowest BCUT2D eigenvalue weighted by Gasteiger charge is -2.34. The molecule has 0 saturated heterocycles. The van der Waals surface area contributed by atoms with Gasteiger partial charge >= 0.3 is 0 Å². The molecule has 0 amide bonds. The molecule has 2 N–H and O–H groups in total. The highest BCUT2D eigenvalue weighted by molar-refractivity contribution is 9.10. The number of halogens is 1. The summed E-state index contributed by atoms with van der Waals surface area (Å²) in [6.45, 7) is 10.1. The van der Waals surface area contributed by atoms with Gasteiger partial charge in [0.2, 0.25) is 0 Å². The summed E-state index contributed by atoms with van der Waals surface area (Å²) >= 11 is 3.61. The van der Waals surface area contributed by atoms with Crippen molar-refractivity contribution in [3.63, 3.8) is 0 Å². The Morgan fingerprint density at radius 3 is 2.52 bits per heavy atom. The second-order valence-corrected chi connectivity index (χ2v) is 5.72. The van der Waals surface area contributed by atoms with E-state index < -0.39 is 0 Å². The Balaban J connectivity index is 0.000000510. The van der Waals surface area contributed by atoms with Crippen LogP contribution < -0.4 is 5.73 Å². The number of nitrogens with two attached hydrogens (primary N) is 1. The predicted octanol–water partition coefficient (Wildman–Crippen LogP) is 4.46. The van der Waals surface area contributed by atoms with Gasteiger partial charge in [-0.1, -0.05) is 55.8 Å². The highest BCUT2D eigenvalue weighted by Gasteiger charge is 2.45. The van der Waals surface area contributed by atoms with Gasteiger partial charge < -0.3 is 10.5 Å². The SMILES string of the molecule is CC.CC.CC1OC(N)=NC12CCc1c(Br)cccc1C2. The van der Waals surface area contributed by atoms with Gasteiger partial charge in [0.1, 0.15) is 11.6 Å². The first kappa shape index (κ1) is 18.0. The lowest BCUT2D eigenvalue weighted by atomic mass is 9.76. The van der Waals surface area contributed by atoms with E-state index in [1.54, 1.807) is 0 Å². The lowest BCUT2D eigenvalue weighted by molar-refractivity contribution is 0.140. The second-order valence-electron chi connectivity index (χ2n) is 4.87. The van der Waals surface area contributed by atoms with Crippen LogP contribution in [0.4, 0.5) is 0 Å². The van der Waals surface area contributed by atoms with Crippen molar-refractivity contribution >= 4 is 22.0 Å². The number of benzene rings is 1. The number of hydrogen-bond acceptors (Lipinski definition) is 3. The van der Waals surface area contributed by atoms with Crippen LogP contribution in [0.5, 0.6) is 0 Å². The van der Waals surface area contributed by atoms with Gasteiger partial charge in [-0.25, -0.2) is 4.99 Å². The molecule has 0 aromatic heterocycles. The minimum absolute atomic E-state index is 0.0784. The molecule has 118 valence electrons. The molecule has 1 aromatic rings. The van der Waals surface area contributed by atoms with Gasteiger partial charge in [-0.2, -0.15) is 0 Å². The van der Waals surface area contributed by atoms with Gasteiger partial charge in [0.15, 0.2) is 0 Å². The number of aliphatic imine (C=N–C) groups is 1. The summed E-state index contributed by atoms with van der Waals surface area (Å²) in [7, 11) is 0. The highest BCUT2D eigenvalue weighted by atomic mass is 79.9. The molecule has 0 fully saturated rings. The molecule has 4 heteroatoms. The summed E-state index contributed by atoms with van der Waals surface area (Å²) in [5.74, 6) is 0. The highest BCUT2D eigenvalue weighted by Crippen LogP contribution is 2.40. The van der Waals surface area contributed by atoms with Crippen LogP contribution in [-0.4, -0.2) is 17.7 Å². The standard InChI is InChI=1S/C13H15BrN2O.2C2H6/c1-8-13(16-12(15)17-8)6-5-10-9(7-13)3-2-4-11(10)14;2*1-2/h2-4,8H,5-7H2,1H3,(H2,15,16);2*1-2H3. The Kier molecular flexibility index (Phi) is 6.72. The zero-order chi connectivity index (χ0) is 16.0. The first-order chi connectivity index (χ1) is 10.1. The van der Waals surface area contributed by atoms with Crippen molar-refractivity contribution in [2.24, 2.45) is 10.7 Å². The number of rotatable bonds is 0. The zero-order valence-corrected chi connectivity index (χ0v) is 15.3. The average molecular weight is 355 g/mol. The molecule has 0 saturated carbocycles. The molecule has 2 aliphatic rings. The molecule has 1 aromatic carbocycles. The third-order valence-corrected chi connectivity index (χ3v) is 4.65. The average Bonchev–Trinajstić information content (AvgIpc) is 2.77. The van der Waals surface area contributed by atoms with Crippen molar-refractivity contribution in [1.29, 1.82) is 0 Å². The van der Waals surface area contributed by atoms with Crippen molar-refractivity contribution in [3.8, 4) is 0 Å². The van der Waals surface area contributed by atoms with Crippen LogP contribution in [0, 0.1) is 0 Å². The molecular formula is C17H27BrN2O. The summed E-state index contributed by atoms with van der Waals surface area (Å²) in [4.78, 5) is 4.55. The summed E-state index contributed by atoms with van der Waals surface area (Å²) in [5.41, 5.74) is 8.33. The second kappa shape index (κ2) is 7.83. The van der Waals surface area contributed by atoms with E-state index in [2.05, 4.69) is 46.0 Å². The van der Waals surface area contributed by atoms with Crippen molar-refractivity contribution in [1.82, 2.24) is 0 Å². The van der Waals surface area contributed by atoms with Crippen LogP contribution >= 0.6 is 15.9 Å². The van der Waals surface area contributed by atoms with E-state index in [-0.39, 0.29) is 11.6 Å². The van der Waals surface area contributed by atoms with Gasteiger partial charge in [-0.3, -0.25) is 0 Å². The van der Waals surface area contributed by atoms with Crippen LogP contribution in [0.1, 0.15) is 52.2 Å². The summed E-state index contributed by atoms with van der Waals surface area (Å²) in [6, 6.07) is 6.70. The number of fused-ring (bicyclic) bond motifs is 1. The fraction of sp³-hybridized carbons (Fsp3) is 0.588. The minimum atomic E-state index is -0.141. The molecule has 1 aliphatic carbocycles. The van der Waals surface area contributed by atoms with E-state index in [4.69, 9.17) is 10.5 Å². The van der Waals surface area contributed by atoms with E-state index in [9.17, 15) is 0 Å². The van der Waals surface area contributed by atoms with Gasteiger partial charge in [0.25, 0.3) is 6.02 Å². The molecule has 1 aliphatic heterocycles. The van der Waals surface area contributed by atoms with Crippen LogP contribution in [-0.2, 0) is 17.6 Å².